The summed E-state index contributed by atoms with van der Waals surface area (Å²) < 4.78 is 10.8. The molecule has 0 spiro atoms. The number of ether oxygens (including phenoxy) is 1. The van der Waals surface area contributed by atoms with Gasteiger partial charge < -0.3 is 9.15 Å². The summed E-state index contributed by atoms with van der Waals surface area (Å²) in [6.07, 6.45) is 0.664. The maximum atomic E-state index is 10.4. The number of aryl methyl sites for hydroxylation is 1. The van der Waals surface area contributed by atoms with Crippen LogP contribution >= 0.6 is 11.6 Å². The second kappa shape index (κ2) is 5.06. The van der Waals surface area contributed by atoms with Crippen LogP contribution in [0.1, 0.15) is 21.9 Å². The predicted octanol–water partition coefficient (Wildman–Crippen LogP) is 3.63. The second-order valence-corrected chi connectivity index (χ2v) is 4.06. The number of benzene rings is 1. The molecule has 3 nitrogen and oxygen atoms in total. The standard InChI is InChI=1S/C13H11ClO3/c1-9-6-10(14)2-5-13(9)16-8-12-4-3-11(7-15)17-12/h2-7H,8H2,1H3. The average Bonchev–Trinajstić information content (AvgIpc) is 2.76. The van der Waals surface area contributed by atoms with Gasteiger partial charge in [-0.3, -0.25) is 4.79 Å². The molecule has 1 heterocycles. The number of hydrogen-bond donors (Lipinski definition) is 0. The highest BCUT2D eigenvalue weighted by Crippen LogP contribution is 2.22. The van der Waals surface area contributed by atoms with Crippen molar-refractivity contribution in [2.24, 2.45) is 0 Å². The van der Waals surface area contributed by atoms with Crippen LogP contribution < -0.4 is 4.74 Å². The third-order valence-corrected chi connectivity index (χ3v) is 2.54. The molecular formula is C13H11ClO3. The van der Waals surface area contributed by atoms with Crippen molar-refractivity contribution in [3.63, 3.8) is 0 Å². The Balaban J connectivity index is 2.04. The Bertz CT molecular complexity index is 531. The van der Waals surface area contributed by atoms with Gasteiger partial charge in [-0.15, -0.1) is 0 Å². The fraction of sp³-hybridized carbons (Fsp3) is 0.154. The zero-order valence-corrected chi connectivity index (χ0v) is 10.0. The molecule has 0 saturated heterocycles. The molecule has 0 aliphatic heterocycles. The van der Waals surface area contributed by atoms with Gasteiger partial charge in [0.2, 0.25) is 0 Å². The molecule has 0 aliphatic rings. The maximum absolute atomic E-state index is 10.4. The molecule has 1 aromatic heterocycles. The van der Waals surface area contributed by atoms with Crippen molar-refractivity contribution < 1.29 is 13.9 Å². The van der Waals surface area contributed by atoms with Gasteiger partial charge in [-0.05, 0) is 42.8 Å². The fourth-order valence-electron chi connectivity index (χ4n) is 1.46. The van der Waals surface area contributed by atoms with Gasteiger partial charge in [0.15, 0.2) is 12.0 Å². The van der Waals surface area contributed by atoms with Gasteiger partial charge in [-0.2, -0.15) is 0 Å². The van der Waals surface area contributed by atoms with Crippen LogP contribution in [0.4, 0.5) is 0 Å². The zero-order valence-electron chi connectivity index (χ0n) is 9.27. The minimum Gasteiger partial charge on any atom is -0.485 e. The monoisotopic (exact) mass is 250 g/mol. The first-order valence-electron chi connectivity index (χ1n) is 5.12. The Morgan fingerprint density at radius 3 is 2.82 bits per heavy atom. The number of hydrogen-bond acceptors (Lipinski definition) is 3. The number of carbonyl (C=O) groups is 1. The summed E-state index contributed by atoms with van der Waals surface area (Å²) in [7, 11) is 0. The summed E-state index contributed by atoms with van der Waals surface area (Å²) >= 11 is 5.84. The van der Waals surface area contributed by atoms with E-state index in [2.05, 4.69) is 0 Å². The van der Waals surface area contributed by atoms with Crippen molar-refractivity contribution in [3.8, 4) is 5.75 Å². The normalized spacial score (nSPS) is 10.2. The van der Waals surface area contributed by atoms with E-state index in [9.17, 15) is 4.79 Å². The van der Waals surface area contributed by atoms with Crippen molar-refractivity contribution in [2.75, 3.05) is 0 Å². The van der Waals surface area contributed by atoms with Crippen LogP contribution in [0.25, 0.3) is 0 Å². The first kappa shape index (κ1) is 11.7. The topological polar surface area (TPSA) is 39.4 Å². The van der Waals surface area contributed by atoms with Gasteiger partial charge in [-0.25, -0.2) is 0 Å². The van der Waals surface area contributed by atoms with E-state index in [0.29, 0.717) is 22.8 Å². The van der Waals surface area contributed by atoms with Gasteiger partial charge in [0.25, 0.3) is 0 Å². The van der Waals surface area contributed by atoms with Crippen LogP contribution in [-0.4, -0.2) is 6.29 Å². The van der Waals surface area contributed by atoms with Gasteiger partial charge in [0, 0.05) is 5.02 Å². The van der Waals surface area contributed by atoms with Crippen molar-refractivity contribution in [2.45, 2.75) is 13.5 Å². The Hall–Kier alpha value is -1.74. The Labute approximate surface area is 104 Å². The summed E-state index contributed by atoms with van der Waals surface area (Å²) in [6.45, 7) is 2.20. The summed E-state index contributed by atoms with van der Waals surface area (Å²) in [5.74, 6) is 1.66. The van der Waals surface area contributed by atoms with E-state index in [-0.39, 0.29) is 6.61 Å². The molecule has 0 bridgehead atoms. The van der Waals surface area contributed by atoms with Crippen molar-refractivity contribution in [3.05, 3.63) is 52.4 Å². The highest BCUT2D eigenvalue weighted by atomic mass is 35.5. The van der Waals surface area contributed by atoms with Crippen LogP contribution in [0.3, 0.4) is 0 Å². The smallest absolute Gasteiger partial charge is 0.185 e. The summed E-state index contributed by atoms with van der Waals surface area (Å²) in [6, 6.07) is 8.73. The van der Waals surface area contributed by atoms with Crippen molar-refractivity contribution in [1.29, 1.82) is 0 Å². The predicted molar refractivity (Wildman–Crippen MR) is 64.6 cm³/mol. The molecule has 0 saturated carbocycles. The Morgan fingerprint density at radius 1 is 1.35 bits per heavy atom. The molecule has 2 aromatic rings. The number of carbonyl (C=O) groups excluding carboxylic acids is 1. The van der Waals surface area contributed by atoms with Crippen molar-refractivity contribution in [1.82, 2.24) is 0 Å². The molecule has 17 heavy (non-hydrogen) atoms. The van der Waals surface area contributed by atoms with Crippen LogP contribution in [-0.2, 0) is 6.61 Å². The van der Waals surface area contributed by atoms with E-state index in [4.69, 9.17) is 20.8 Å². The Kier molecular flexibility index (Phi) is 3.49. The van der Waals surface area contributed by atoms with E-state index in [1.165, 1.54) is 0 Å². The second-order valence-electron chi connectivity index (χ2n) is 3.62. The van der Waals surface area contributed by atoms with E-state index in [1.54, 1.807) is 24.3 Å². The van der Waals surface area contributed by atoms with Crippen LogP contribution in [0, 0.1) is 6.92 Å². The number of aldehydes is 1. The minimum absolute atomic E-state index is 0.288. The molecule has 0 atom stereocenters. The molecule has 4 heteroatoms. The molecule has 0 amide bonds. The van der Waals surface area contributed by atoms with Crippen LogP contribution in [0.15, 0.2) is 34.7 Å². The third kappa shape index (κ3) is 2.88. The number of furan rings is 1. The average molecular weight is 251 g/mol. The van der Waals surface area contributed by atoms with Crippen LogP contribution in [0.2, 0.25) is 5.02 Å². The largest absolute Gasteiger partial charge is 0.485 e. The molecule has 0 unspecified atom stereocenters. The van der Waals surface area contributed by atoms with E-state index < -0.39 is 0 Å². The molecule has 0 aliphatic carbocycles. The number of rotatable bonds is 4. The lowest BCUT2D eigenvalue weighted by Gasteiger charge is -2.07. The lowest BCUT2D eigenvalue weighted by Crippen LogP contribution is -1.95. The molecule has 1 aromatic carbocycles. The first-order valence-corrected chi connectivity index (χ1v) is 5.49. The van der Waals surface area contributed by atoms with Gasteiger partial charge in [0.05, 0.1) is 0 Å². The maximum Gasteiger partial charge on any atom is 0.185 e. The highest BCUT2D eigenvalue weighted by Gasteiger charge is 2.04. The molecule has 0 radical (unpaired) electrons. The summed E-state index contributed by atoms with van der Waals surface area (Å²) in [4.78, 5) is 10.4. The fourth-order valence-corrected chi connectivity index (χ4v) is 1.69. The molecular weight excluding hydrogens is 240 g/mol. The first-order chi connectivity index (χ1) is 8.19. The lowest BCUT2D eigenvalue weighted by atomic mass is 10.2. The quantitative estimate of drug-likeness (QED) is 0.778. The molecule has 88 valence electrons. The Morgan fingerprint density at radius 2 is 2.18 bits per heavy atom. The van der Waals surface area contributed by atoms with Crippen molar-refractivity contribution >= 4 is 17.9 Å². The summed E-state index contributed by atoms with van der Waals surface area (Å²) in [5, 5.41) is 0.677. The lowest BCUT2D eigenvalue weighted by molar-refractivity contribution is 0.109. The highest BCUT2D eigenvalue weighted by molar-refractivity contribution is 6.30. The molecule has 0 fully saturated rings. The van der Waals surface area contributed by atoms with E-state index >= 15 is 0 Å². The zero-order chi connectivity index (χ0) is 12.3. The van der Waals surface area contributed by atoms with Gasteiger partial charge >= 0.3 is 0 Å². The SMILES string of the molecule is Cc1cc(Cl)ccc1OCc1ccc(C=O)o1. The molecule has 2 rings (SSSR count). The van der Waals surface area contributed by atoms with E-state index in [1.807, 2.05) is 13.0 Å². The van der Waals surface area contributed by atoms with Gasteiger partial charge in [0.1, 0.15) is 18.1 Å². The minimum atomic E-state index is 0.288. The summed E-state index contributed by atoms with van der Waals surface area (Å²) in [5.41, 5.74) is 0.958. The van der Waals surface area contributed by atoms with Gasteiger partial charge in [-0.1, -0.05) is 11.6 Å². The molecule has 0 N–H and O–H groups in total. The van der Waals surface area contributed by atoms with E-state index in [0.717, 1.165) is 11.3 Å². The number of halogens is 1. The van der Waals surface area contributed by atoms with Crippen LogP contribution in [0.5, 0.6) is 5.75 Å². The third-order valence-electron chi connectivity index (χ3n) is 2.31.